The van der Waals surface area contributed by atoms with Crippen LogP contribution in [0.1, 0.15) is 36.3 Å². The van der Waals surface area contributed by atoms with Crippen molar-refractivity contribution in [1.82, 2.24) is 9.97 Å². The van der Waals surface area contributed by atoms with E-state index in [1.165, 1.54) is 7.11 Å². The van der Waals surface area contributed by atoms with Crippen LogP contribution in [-0.4, -0.2) is 35.1 Å². The molecule has 6 nitrogen and oxygen atoms in total. The van der Waals surface area contributed by atoms with Crippen molar-refractivity contribution < 1.29 is 9.53 Å². The molecule has 0 saturated heterocycles. The molecule has 0 unspecified atom stereocenters. The number of nitrogens with zero attached hydrogens (tertiary/aromatic N) is 2. The Labute approximate surface area is 106 Å². The number of hydrogen-bond acceptors (Lipinski definition) is 6. The lowest BCUT2D eigenvalue weighted by Crippen LogP contribution is -2.33. The third-order valence-corrected chi connectivity index (χ3v) is 3.15. The van der Waals surface area contributed by atoms with Crippen LogP contribution < -0.4 is 11.1 Å². The summed E-state index contributed by atoms with van der Waals surface area (Å²) in [7, 11) is 1.31. The lowest BCUT2D eigenvalue weighted by Gasteiger charge is -2.27. The number of nitrogens with two attached hydrogens (primary N) is 1. The lowest BCUT2D eigenvalue weighted by molar-refractivity contribution is 0.0587. The second-order valence-corrected chi connectivity index (χ2v) is 4.51. The zero-order chi connectivity index (χ0) is 13.0. The van der Waals surface area contributed by atoms with Crippen LogP contribution in [0.15, 0.2) is 12.3 Å². The zero-order valence-corrected chi connectivity index (χ0v) is 10.4. The maximum Gasteiger partial charge on any atom is 0.376 e. The lowest BCUT2D eigenvalue weighted by atomic mass is 9.92. The van der Waals surface area contributed by atoms with Gasteiger partial charge in [0.05, 0.1) is 7.11 Å². The number of esters is 1. The van der Waals surface area contributed by atoms with Crippen LogP contribution in [0.2, 0.25) is 0 Å². The first-order chi connectivity index (χ1) is 8.69. The van der Waals surface area contributed by atoms with Crippen molar-refractivity contribution in [3.8, 4) is 0 Å². The first-order valence-corrected chi connectivity index (χ1v) is 6.12. The fourth-order valence-electron chi connectivity index (χ4n) is 2.10. The Morgan fingerprint density at radius 1 is 1.44 bits per heavy atom. The predicted octanol–water partition coefficient (Wildman–Crippen LogP) is 0.945. The standard InChI is InChI=1S/C12H18N4O2/c1-18-12(17)11-14-7-6-10(16-11)15-9-4-2-8(13)3-5-9/h6-9H,2-5,13H2,1H3,(H,14,15,16). The first kappa shape index (κ1) is 12.8. The highest BCUT2D eigenvalue weighted by Crippen LogP contribution is 2.20. The first-order valence-electron chi connectivity index (χ1n) is 6.12. The summed E-state index contributed by atoms with van der Waals surface area (Å²) in [5.74, 6) is 0.213. The maximum absolute atomic E-state index is 11.3. The van der Waals surface area contributed by atoms with Gasteiger partial charge in [-0.25, -0.2) is 14.8 Å². The summed E-state index contributed by atoms with van der Waals surface area (Å²) in [6, 6.07) is 2.44. The van der Waals surface area contributed by atoms with Crippen LogP contribution in [0.4, 0.5) is 5.82 Å². The van der Waals surface area contributed by atoms with Gasteiger partial charge in [0.2, 0.25) is 5.82 Å². The van der Waals surface area contributed by atoms with E-state index in [0.29, 0.717) is 17.9 Å². The largest absolute Gasteiger partial charge is 0.463 e. The smallest absolute Gasteiger partial charge is 0.376 e. The van der Waals surface area contributed by atoms with E-state index in [0.717, 1.165) is 25.7 Å². The highest BCUT2D eigenvalue weighted by molar-refractivity contribution is 5.85. The van der Waals surface area contributed by atoms with Crippen LogP contribution in [-0.2, 0) is 4.74 Å². The van der Waals surface area contributed by atoms with Gasteiger partial charge in [-0.1, -0.05) is 0 Å². The van der Waals surface area contributed by atoms with E-state index in [4.69, 9.17) is 5.73 Å². The molecule has 0 radical (unpaired) electrons. The summed E-state index contributed by atoms with van der Waals surface area (Å²) in [6.07, 6.45) is 5.65. The summed E-state index contributed by atoms with van der Waals surface area (Å²) >= 11 is 0. The molecule has 0 spiro atoms. The predicted molar refractivity (Wildman–Crippen MR) is 67.2 cm³/mol. The number of rotatable bonds is 3. The van der Waals surface area contributed by atoms with E-state index in [1.54, 1.807) is 12.3 Å². The molecule has 1 aromatic rings. The van der Waals surface area contributed by atoms with Crippen molar-refractivity contribution in [2.45, 2.75) is 37.8 Å². The van der Waals surface area contributed by atoms with Gasteiger partial charge < -0.3 is 15.8 Å². The molecular formula is C12H18N4O2. The molecule has 18 heavy (non-hydrogen) atoms. The minimum absolute atomic E-state index is 0.0787. The minimum atomic E-state index is -0.524. The van der Waals surface area contributed by atoms with Gasteiger partial charge in [0.25, 0.3) is 0 Å². The Morgan fingerprint density at radius 2 is 2.17 bits per heavy atom. The molecule has 0 bridgehead atoms. The van der Waals surface area contributed by atoms with E-state index in [-0.39, 0.29) is 5.82 Å². The number of anilines is 1. The molecule has 1 saturated carbocycles. The average Bonchev–Trinajstić information content (AvgIpc) is 2.41. The summed E-state index contributed by atoms with van der Waals surface area (Å²) < 4.78 is 4.59. The fraction of sp³-hybridized carbons (Fsp3) is 0.583. The van der Waals surface area contributed by atoms with Gasteiger partial charge in [0, 0.05) is 18.3 Å². The van der Waals surface area contributed by atoms with E-state index in [9.17, 15) is 4.79 Å². The maximum atomic E-state index is 11.3. The molecule has 98 valence electrons. The third-order valence-electron chi connectivity index (χ3n) is 3.15. The second-order valence-electron chi connectivity index (χ2n) is 4.51. The van der Waals surface area contributed by atoms with Crippen LogP contribution in [0.5, 0.6) is 0 Å². The van der Waals surface area contributed by atoms with Gasteiger partial charge in [-0.05, 0) is 31.7 Å². The molecule has 0 amide bonds. The Bertz CT molecular complexity index is 416. The number of hydrogen-bond donors (Lipinski definition) is 2. The SMILES string of the molecule is COC(=O)c1nccc(NC2CCC(N)CC2)n1. The van der Waals surface area contributed by atoms with Crippen LogP contribution >= 0.6 is 0 Å². The van der Waals surface area contributed by atoms with Gasteiger partial charge in [-0.2, -0.15) is 0 Å². The summed E-state index contributed by atoms with van der Waals surface area (Å²) in [5.41, 5.74) is 5.86. The quantitative estimate of drug-likeness (QED) is 0.776. The Kier molecular flexibility index (Phi) is 4.09. The molecule has 1 aromatic heterocycles. The molecule has 2 rings (SSSR count). The molecule has 1 heterocycles. The Balaban J connectivity index is 1.99. The number of aromatic nitrogens is 2. The molecule has 1 aliphatic rings. The van der Waals surface area contributed by atoms with Crippen molar-refractivity contribution in [2.75, 3.05) is 12.4 Å². The van der Waals surface area contributed by atoms with Gasteiger partial charge >= 0.3 is 5.97 Å². The number of nitrogens with one attached hydrogen (secondary N) is 1. The summed E-state index contributed by atoms with van der Waals surface area (Å²) in [4.78, 5) is 19.3. The monoisotopic (exact) mass is 250 g/mol. The molecule has 6 heteroatoms. The minimum Gasteiger partial charge on any atom is -0.463 e. The van der Waals surface area contributed by atoms with Crippen LogP contribution in [0, 0.1) is 0 Å². The molecule has 1 fully saturated rings. The van der Waals surface area contributed by atoms with Gasteiger partial charge in [-0.15, -0.1) is 0 Å². The van der Waals surface area contributed by atoms with E-state index in [2.05, 4.69) is 20.0 Å². The Morgan fingerprint density at radius 3 is 2.83 bits per heavy atom. The summed E-state index contributed by atoms with van der Waals surface area (Å²) in [5, 5.41) is 3.31. The van der Waals surface area contributed by atoms with E-state index < -0.39 is 5.97 Å². The van der Waals surface area contributed by atoms with Gasteiger partial charge in [0.15, 0.2) is 0 Å². The summed E-state index contributed by atoms with van der Waals surface area (Å²) in [6.45, 7) is 0. The van der Waals surface area contributed by atoms with Crippen molar-refractivity contribution >= 4 is 11.8 Å². The molecule has 3 N–H and O–H groups in total. The molecule has 0 atom stereocenters. The third kappa shape index (κ3) is 3.16. The Hall–Kier alpha value is -1.69. The molecule has 0 aliphatic heterocycles. The zero-order valence-electron chi connectivity index (χ0n) is 10.4. The average molecular weight is 250 g/mol. The van der Waals surface area contributed by atoms with Crippen LogP contribution in [0.3, 0.4) is 0 Å². The topological polar surface area (TPSA) is 90.1 Å². The van der Waals surface area contributed by atoms with E-state index in [1.807, 2.05) is 0 Å². The number of carbonyl (C=O) groups excluding carboxylic acids is 1. The van der Waals surface area contributed by atoms with Crippen LogP contribution in [0.25, 0.3) is 0 Å². The van der Waals surface area contributed by atoms with Crippen molar-refractivity contribution in [1.29, 1.82) is 0 Å². The number of carbonyl (C=O) groups is 1. The van der Waals surface area contributed by atoms with Gasteiger partial charge in [-0.3, -0.25) is 0 Å². The van der Waals surface area contributed by atoms with Crippen molar-refractivity contribution in [3.05, 3.63) is 18.1 Å². The highest BCUT2D eigenvalue weighted by Gasteiger charge is 2.19. The highest BCUT2D eigenvalue weighted by atomic mass is 16.5. The molecule has 0 aromatic carbocycles. The molecular weight excluding hydrogens is 232 g/mol. The molecule has 1 aliphatic carbocycles. The van der Waals surface area contributed by atoms with Gasteiger partial charge in [0.1, 0.15) is 5.82 Å². The number of ether oxygens (including phenoxy) is 1. The normalized spacial score (nSPS) is 23.4. The van der Waals surface area contributed by atoms with E-state index >= 15 is 0 Å². The van der Waals surface area contributed by atoms with Crippen molar-refractivity contribution in [2.24, 2.45) is 5.73 Å². The second kappa shape index (κ2) is 5.77. The number of methoxy groups -OCH3 is 1. The fourth-order valence-corrected chi connectivity index (χ4v) is 2.10. The van der Waals surface area contributed by atoms with Crippen molar-refractivity contribution in [3.63, 3.8) is 0 Å².